The molecule has 0 aromatic carbocycles. The second-order valence-corrected chi connectivity index (χ2v) is 6.33. The number of rotatable bonds is 3. The lowest BCUT2D eigenvalue weighted by molar-refractivity contribution is 0.0886. The highest BCUT2D eigenvalue weighted by molar-refractivity contribution is 7.71. The summed E-state index contributed by atoms with van der Waals surface area (Å²) < 4.78 is 7.34. The number of nitrogens with one attached hydrogen (secondary N) is 1. The van der Waals surface area contributed by atoms with Crippen molar-refractivity contribution in [1.82, 2.24) is 14.5 Å². The number of hydrogen-bond acceptors (Lipinski definition) is 6. The van der Waals surface area contributed by atoms with E-state index in [2.05, 4.69) is 9.97 Å². The molecule has 2 aromatic heterocycles. The summed E-state index contributed by atoms with van der Waals surface area (Å²) in [5, 5.41) is 21.0. The minimum absolute atomic E-state index is 0.0219. The number of hydrogen-bond donors (Lipinski definition) is 3. The number of pyridine rings is 1. The van der Waals surface area contributed by atoms with E-state index >= 15 is 0 Å². The van der Waals surface area contributed by atoms with Crippen molar-refractivity contribution in [2.75, 3.05) is 0 Å². The summed E-state index contributed by atoms with van der Waals surface area (Å²) in [7, 11) is 0. The number of aromatic amines is 1. The Kier molecular flexibility index (Phi) is 4.18. The molecule has 24 heavy (non-hydrogen) atoms. The molecule has 0 spiro atoms. The predicted octanol–water partition coefficient (Wildman–Crippen LogP) is 2.61. The summed E-state index contributed by atoms with van der Waals surface area (Å²) in [4.78, 5) is 19.1. The minimum Gasteiger partial charge on any atom is -0.506 e. The molecular formula is C16H19N3O4S. The number of H-pyrrole nitrogens is 1. The van der Waals surface area contributed by atoms with Crippen molar-refractivity contribution in [2.24, 2.45) is 0 Å². The Balaban J connectivity index is 2.26. The number of fused-ring (bicyclic) bond motifs is 1. The van der Waals surface area contributed by atoms with E-state index in [0.29, 0.717) is 16.8 Å². The third-order valence-corrected chi connectivity index (χ3v) is 4.77. The van der Waals surface area contributed by atoms with Gasteiger partial charge in [-0.05, 0) is 32.5 Å². The summed E-state index contributed by atoms with van der Waals surface area (Å²) in [6.07, 6.45) is 1.47. The zero-order valence-corrected chi connectivity index (χ0v) is 14.5. The van der Waals surface area contributed by atoms with Crippen LogP contribution in [-0.4, -0.2) is 24.7 Å². The Morgan fingerprint density at radius 1 is 1.50 bits per heavy atom. The Bertz CT molecular complexity index is 919. The van der Waals surface area contributed by atoms with Gasteiger partial charge in [-0.2, -0.15) is 0 Å². The molecule has 0 saturated carbocycles. The van der Waals surface area contributed by atoms with Crippen LogP contribution in [0.1, 0.15) is 54.8 Å². The van der Waals surface area contributed by atoms with Crippen molar-refractivity contribution in [3.63, 3.8) is 0 Å². The van der Waals surface area contributed by atoms with Crippen molar-refractivity contribution in [3.05, 3.63) is 43.7 Å². The third kappa shape index (κ3) is 2.42. The fourth-order valence-corrected chi connectivity index (χ4v) is 3.28. The second-order valence-electron chi connectivity index (χ2n) is 5.95. The average Bonchev–Trinajstić information content (AvgIpc) is 2.94. The highest BCUT2D eigenvalue weighted by atomic mass is 32.1. The Labute approximate surface area is 143 Å². The number of aromatic nitrogens is 3. The molecule has 128 valence electrons. The number of nitrogens with zero attached hydrogens (tertiary/aromatic N) is 2. The van der Waals surface area contributed by atoms with Crippen LogP contribution in [0.2, 0.25) is 0 Å². The lowest BCUT2D eigenvalue weighted by atomic mass is 10.00. The van der Waals surface area contributed by atoms with Crippen LogP contribution >= 0.6 is 12.2 Å². The van der Waals surface area contributed by atoms with Gasteiger partial charge in [-0.25, -0.2) is 0 Å². The quantitative estimate of drug-likeness (QED) is 0.737. The maximum Gasteiger partial charge on any atom is 0.261 e. The molecule has 0 radical (unpaired) electrons. The Morgan fingerprint density at radius 3 is 2.88 bits per heavy atom. The molecule has 0 bridgehead atoms. The van der Waals surface area contributed by atoms with Crippen LogP contribution in [0.4, 0.5) is 0 Å². The van der Waals surface area contributed by atoms with Gasteiger partial charge in [0.1, 0.15) is 17.4 Å². The molecule has 0 saturated heterocycles. The SMILES string of the molecule is CC[C@@H](C)n1c(O)c([C@H]2OCc3cnc(C)c(O)c32)c(=O)[nH]c1=S. The average molecular weight is 349 g/mol. The maximum atomic E-state index is 12.4. The molecule has 8 heteroatoms. The van der Waals surface area contributed by atoms with E-state index in [4.69, 9.17) is 17.0 Å². The van der Waals surface area contributed by atoms with Gasteiger partial charge in [0.25, 0.3) is 5.56 Å². The highest BCUT2D eigenvalue weighted by Gasteiger charge is 2.34. The summed E-state index contributed by atoms with van der Waals surface area (Å²) in [5.41, 5.74) is 1.12. The van der Waals surface area contributed by atoms with Crippen molar-refractivity contribution in [3.8, 4) is 11.6 Å². The van der Waals surface area contributed by atoms with Gasteiger partial charge in [-0.3, -0.25) is 19.3 Å². The zero-order chi connectivity index (χ0) is 17.6. The number of aryl methyl sites for hydroxylation is 1. The monoisotopic (exact) mass is 349 g/mol. The highest BCUT2D eigenvalue weighted by Crippen LogP contribution is 2.43. The smallest absolute Gasteiger partial charge is 0.261 e. The summed E-state index contributed by atoms with van der Waals surface area (Å²) in [5.74, 6) is -0.254. The van der Waals surface area contributed by atoms with Gasteiger partial charge >= 0.3 is 0 Å². The van der Waals surface area contributed by atoms with Crippen LogP contribution in [0, 0.1) is 11.7 Å². The van der Waals surface area contributed by atoms with Crippen LogP contribution in [0.15, 0.2) is 11.0 Å². The first-order valence-corrected chi connectivity index (χ1v) is 8.14. The van der Waals surface area contributed by atoms with Crippen LogP contribution in [0.25, 0.3) is 0 Å². The molecule has 3 rings (SSSR count). The predicted molar refractivity (Wildman–Crippen MR) is 89.8 cm³/mol. The molecule has 0 fully saturated rings. The number of ether oxygens (including phenoxy) is 1. The zero-order valence-electron chi connectivity index (χ0n) is 13.7. The van der Waals surface area contributed by atoms with Crippen LogP contribution in [0.5, 0.6) is 11.6 Å². The van der Waals surface area contributed by atoms with E-state index in [-0.39, 0.29) is 34.6 Å². The molecular weight excluding hydrogens is 330 g/mol. The fourth-order valence-electron chi connectivity index (χ4n) is 2.92. The molecule has 3 N–H and O–H groups in total. The lowest BCUT2D eigenvalue weighted by Gasteiger charge is -2.20. The van der Waals surface area contributed by atoms with Crippen LogP contribution in [0.3, 0.4) is 0 Å². The molecule has 1 aliphatic rings. The van der Waals surface area contributed by atoms with E-state index in [1.54, 1.807) is 13.1 Å². The van der Waals surface area contributed by atoms with E-state index in [9.17, 15) is 15.0 Å². The van der Waals surface area contributed by atoms with Crippen molar-refractivity contribution < 1.29 is 14.9 Å². The van der Waals surface area contributed by atoms with Gasteiger partial charge in [0.2, 0.25) is 5.88 Å². The molecule has 0 aliphatic carbocycles. The number of aromatic hydroxyl groups is 2. The first-order valence-electron chi connectivity index (χ1n) is 7.73. The van der Waals surface area contributed by atoms with E-state index in [1.165, 1.54) is 4.57 Å². The maximum absolute atomic E-state index is 12.4. The molecule has 2 atom stereocenters. The van der Waals surface area contributed by atoms with Gasteiger partial charge in [0, 0.05) is 23.4 Å². The third-order valence-electron chi connectivity index (χ3n) is 4.47. The first kappa shape index (κ1) is 16.7. The fraction of sp³-hybridized carbons (Fsp3) is 0.438. The van der Waals surface area contributed by atoms with Gasteiger partial charge in [-0.1, -0.05) is 6.92 Å². The van der Waals surface area contributed by atoms with Gasteiger partial charge in [0.05, 0.1) is 12.3 Å². The Hall–Kier alpha value is -2.19. The topological polar surface area (TPSA) is 100 Å². The molecule has 2 aromatic rings. The lowest BCUT2D eigenvalue weighted by Crippen LogP contribution is -2.23. The van der Waals surface area contributed by atoms with E-state index < -0.39 is 11.7 Å². The van der Waals surface area contributed by atoms with Gasteiger partial charge in [0.15, 0.2) is 4.77 Å². The normalized spacial score (nSPS) is 17.7. The standard InChI is InChI=1S/C16H19N3O4S/c1-4-7(2)19-15(22)11(14(21)18-16(19)24)13-10-9(6-23-13)5-17-8(3)12(10)20/h5,7,13,20,22H,4,6H2,1-3H3,(H,18,21,24)/t7-,13+/m1/s1. The van der Waals surface area contributed by atoms with E-state index in [0.717, 1.165) is 6.42 Å². The summed E-state index contributed by atoms with van der Waals surface area (Å²) in [6.45, 7) is 5.73. The first-order chi connectivity index (χ1) is 11.4. The molecule has 0 amide bonds. The second kappa shape index (κ2) is 6.03. The van der Waals surface area contributed by atoms with Crippen LogP contribution in [-0.2, 0) is 11.3 Å². The largest absolute Gasteiger partial charge is 0.506 e. The van der Waals surface area contributed by atoms with E-state index in [1.807, 2.05) is 13.8 Å². The van der Waals surface area contributed by atoms with Gasteiger partial charge in [-0.15, -0.1) is 0 Å². The minimum atomic E-state index is -0.864. The Morgan fingerprint density at radius 2 is 2.21 bits per heavy atom. The molecule has 7 nitrogen and oxygen atoms in total. The van der Waals surface area contributed by atoms with Crippen molar-refractivity contribution in [2.45, 2.75) is 45.9 Å². The molecule has 0 unspecified atom stereocenters. The van der Waals surface area contributed by atoms with Gasteiger partial charge < -0.3 is 14.9 Å². The summed E-state index contributed by atoms with van der Waals surface area (Å²) in [6, 6.07) is -0.0956. The van der Waals surface area contributed by atoms with Crippen molar-refractivity contribution in [1.29, 1.82) is 0 Å². The van der Waals surface area contributed by atoms with Crippen LogP contribution < -0.4 is 5.56 Å². The molecule has 3 heterocycles. The van der Waals surface area contributed by atoms with Crippen molar-refractivity contribution >= 4 is 12.2 Å². The molecule has 1 aliphatic heterocycles. The summed E-state index contributed by atoms with van der Waals surface area (Å²) >= 11 is 5.18.